The predicted molar refractivity (Wildman–Crippen MR) is 69.8 cm³/mol. The van der Waals surface area contributed by atoms with Gasteiger partial charge in [0, 0.05) is 24.3 Å². The van der Waals surface area contributed by atoms with Crippen molar-refractivity contribution < 1.29 is 4.39 Å². The van der Waals surface area contributed by atoms with Crippen LogP contribution in [0.3, 0.4) is 0 Å². The molecule has 2 unspecified atom stereocenters. The third kappa shape index (κ3) is 2.29. The summed E-state index contributed by atoms with van der Waals surface area (Å²) in [6.07, 6.45) is 2.41. The summed E-state index contributed by atoms with van der Waals surface area (Å²) >= 11 is 0. The van der Waals surface area contributed by atoms with Gasteiger partial charge in [0.25, 0.3) is 0 Å². The molecule has 1 saturated heterocycles. The van der Waals surface area contributed by atoms with E-state index >= 15 is 0 Å². The van der Waals surface area contributed by atoms with Crippen molar-refractivity contribution in [1.82, 2.24) is 0 Å². The molecular formula is C14H21FN2. The molecule has 1 aliphatic heterocycles. The van der Waals surface area contributed by atoms with E-state index in [-0.39, 0.29) is 11.9 Å². The summed E-state index contributed by atoms with van der Waals surface area (Å²) in [5.74, 6) is -0.159. The monoisotopic (exact) mass is 236 g/mol. The predicted octanol–water partition coefficient (Wildman–Crippen LogP) is 3.14. The van der Waals surface area contributed by atoms with Gasteiger partial charge in [0.1, 0.15) is 5.82 Å². The third-order valence-corrected chi connectivity index (χ3v) is 3.66. The molecule has 2 rings (SSSR count). The molecular weight excluding hydrogens is 215 g/mol. The first-order valence-electron chi connectivity index (χ1n) is 6.33. The summed E-state index contributed by atoms with van der Waals surface area (Å²) in [5.41, 5.74) is 8.68. The van der Waals surface area contributed by atoms with Crippen LogP contribution in [-0.2, 0) is 0 Å². The Hall–Kier alpha value is -1.09. The lowest BCUT2D eigenvalue weighted by Crippen LogP contribution is -2.28. The lowest BCUT2D eigenvalue weighted by atomic mass is 10.0. The Kier molecular flexibility index (Phi) is 3.38. The quantitative estimate of drug-likeness (QED) is 0.854. The molecule has 1 aromatic rings. The minimum Gasteiger partial charge on any atom is -0.369 e. The van der Waals surface area contributed by atoms with E-state index in [0.29, 0.717) is 11.6 Å². The van der Waals surface area contributed by atoms with Gasteiger partial charge in [-0.25, -0.2) is 4.39 Å². The Balaban J connectivity index is 2.47. The fraction of sp³-hybridized carbons (Fsp3) is 0.571. The topological polar surface area (TPSA) is 29.3 Å². The molecule has 1 aliphatic rings. The van der Waals surface area contributed by atoms with Crippen molar-refractivity contribution in [2.24, 2.45) is 5.73 Å². The molecule has 2 N–H and O–H groups in total. The van der Waals surface area contributed by atoms with Crippen LogP contribution in [-0.4, -0.2) is 12.6 Å². The number of nitrogens with zero attached hydrogens (tertiary/aromatic N) is 1. The number of anilines is 1. The second-order valence-corrected chi connectivity index (χ2v) is 5.13. The standard InChI is InChI=1S/C14H21FN2/c1-9-7-14(17-6-4-5-10(17)2)12(11(3)16)8-13(9)15/h7-8,10-11H,4-6,16H2,1-3H3. The molecule has 0 spiro atoms. The van der Waals surface area contributed by atoms with Crippen molar-refractivity contribution in [3.05, 3.63) is 29.1 Å². The van der Waals surface area contributed by atoms with Crippen LogP contribution in [0.5, 0.6) is 0 Å². The first kappa shape index (κ1) is 12.4. The SMILES string of the molecule is Cc1cc(N2CCCC2C)c(C(C)N)cc1F. The molecule has 0 radical (unpaired) electrons. The van der Waals surface area contributed by atoms with E-state index in [0.717, 1.165) is 17.8 Å². The fourth-order valence-corrected chi connectivity index (χ4v) is 2.59. The molecule has 0 aliphatic carbocycles. The first-order valence-corrected chi connectivity index (χ1v) is 6.33. The Morgan fingerprint density at radius 3 is 2.71 bits per heavy atom. The van der Waals surface area contributed by atoms with Gasteiger partial charge in [-0.3, -0.25) is 0 Å². The number of aryl methyl sites for hydroxylation is 1. The minimum atomic E-state index is -0.159. The van der Waals surface area contributed by atoms with Crippen LogP contribution in [0.15, 0.2) is 12.1 Å². The molecule has 2 atom stereocenters. The minimum absolute atomic E-state index is 0.132. The van der Waals surface area contributed by atoms with Crippen LogP contribution in [0.1, 0.15) is 43.9 Å². The maximum Gasteiger partial charge on any atom is 0.126 e. The Labute approximate surface area is 103 Å². The summed E-state index contributed by atoms with van der Waals surface area (Å²) in [7, 11) is 0. The zero-order chi connectivity index (χ0) is 12.6. The maximum atomic E-state index is 13.6. The van der Waals surface area contributed by atoms with Gasteiger partial charge in [-0.2, -0.15) is 0 Å². The zero-order valence-corrected chi connectivity index (χ0v) is 10.8. The maximum absolute atomic E-state index is 13.6. The van der Waals surface area contributed by atoms with Crippen molar-refractivity contribution in [3.8, 4) is 0 Å². The highest BCUT2D eigenvalue weighted by atomic mass is 19.1. The van der Waals surface area contributed by atoms with Crippen molar-refractivity contribution in [3.63, 3.8) is 0 Å². The average Bonchev–Trinajstić information content (AvgIpc) is 2.67. The Morgan fingerprint density at radius 2 is 2.18 bits per heavy atom. The number of rotatable bonds is 2. The van der Waals surface area contributed by atoms with Crippen molar-refractivity contribution in [2.75, 3.05) is 11.4 Å². The normalized spacial score (nSPS) is 21.9. The van der Waals surface area contributed by atoms with Gasteiger partial charge in [-0.15, -0.1) is 0 Å². The summed E-state index contributed by atoms with van der Waals surface area (Å²) in [6, 6.07) is 3.93. The number of benzene rings is 1. The first-order chi connectivity index (χ1) is 8.00. The van der Waals surface area contributed by atoms with Gasteiger partial charge < -0.3 is 10.6 Å². The van der Waals surface area contributed by atoms with Crippen molar-refractivity contribution in [1.29, 1.82) is 0 Å². The smallest absolute Gasteiger partial charge is 0.126 e. The highest BCUT2D eigenvalue weighted by molar-refractivity contribution is 5.58. The van der Waals surface area contributed by atoms with E-state index in [9.17, 15) is 4.39 Å². The molecule has 3 heteroatoms. The largest absolute Gasteiger partial charge is 0.369 e. The summed E-state index contributed by atoms with van der Waals surface area (Å²) in [5, 5.41) is 0. The number of hydrogen-bond acceptors (Lipinski definition) is 2. The van der Waals surface area contributed by atoms with Gasteiger partial charge in [0.15, 0.2) is 0 Å². The third-order valence-electron chi connectivity index (χ3n) is 3.66. The van der Waals surface area contributed by atoms with Gasteiger partial charge in [0.2, 0.25) is 0 Å². The second kappa shape index (κ2) is 4.65. The van der Waals surface area contributed by atoms with Crippen LogP contribution in [0, 0.1) is 12.7 Å². The number of nitrogens with two attached hydrogens (primary N) is 1. The van der Waals surface area contributed by atoms with E-state index in [1.807, 2.05) is 19.9 Å². The van der Waals surface area contributed by atoms with Crippen molar-refractivity contribution >= 4 is 5.69 Å². The number of hydrogen-bond donors (Lipinski definition) is 1. The van der Waals surface area contributed by atoms with Crippen LogP contribution in [0.25, 0.3) is 0 Å². The van der Waals surface area contributed by atoms with Gasteiger partial charge in [0.05, 0.1) is 0 Å². The highest BCUT2D eigenvalue weighted by Gasteiger charge is 2.24. The molecule has 0 saturated carbocycles. The van der Waals surface area contributed by atoms with E-state index in [1.54, 1.807) is 6.07 Å². The zero-order valence-electron chi connectivity index (χ0n) is 10.8. The molecule has 17 heavy (non-hydrogen) atoms. The van der Waals surface area contributed by atoms with Crippen LogP contribution in [0.2, 0.25) is 0 Å². The molecule has 1 fully saturated rings. The fourth-order valence-electron chi connectivity index (χ4n) is 2.59. The van der Waals surface area contributed by atoms with Crippen molar-refractivity contribution in [2.45, 2.75) is 45.7 Å². The van der Waals surface area contributed by atoms with Crippen LogP contribution >= 0.6 is 0 Å². The second-order valence-electron chi connectivity index (χ2n) is 5.13. The van der Waals surface area contributed by atoms with Gasteiger partial charge in [-0.1, -0.05) is 0 Å². The lowest BCUT2D eigenvalue weighted by molar-refractivity contribution is 0.611. The number of halogens is 1. The van der Waals surface area contributed by atoms with E-state index in [1.165, 1.54) is 12.8 Å². The summed E-state index contributed by atoms with van der Waals surface area (Å²) < 4.78 is 13.6. The molecule has 0 aromatic heterocycles. The molecule has 0 amide bonds. The van der Waals surface area contributed by atoms with Crippen LogP contribution < -0.4 is 10.6 Å². The van der Waals surface area contributed by atoms with Crippen LogP contribution in [0.4, 0.5) is 10.1 Å². The van der Waals surface area contributed by atoms with E-state index in [2.05, 4.69) is 11.8 Å². The molecule has 1 heterocycles. The lowest BCUT2D eigenvalue weighted by Gasteiger charge is -2.28. The highest BCUT2D eigenvalue weighted by Crippen LogP contribution is 2.33. The molecule has 0 bridgehead atoms. The molecule has 94 valence electrons. The summed E-state index contributed by atoms with van der Waals surface area (Å²) in [4.78, 5) is 2.35. The Bertz CT molecular complexity index is 415. The average molecular weight is 236 g/mol. The molecule has 2 nitrogen and oxygen atoms in total. The Morgan fingerprint density at radius 1 is 1.47 bits per heavy atom. The van der Waals surface area contributed by atoms with E-state index < -0.39 is 0 Å². The van der Waals surface area contributed by atoms with Gasteiger partial charge >= 0.3 is 0 Å². The summed E-state index contributed by atoms with van der Waals surface area (Å²) in [6.45, 7) is 6.99. The van der Waals surface area contributed by atoms with E-state index in [4.69, 9.17) is 5.73 Å². The van der Waals surface area contributed by atoms with Gasteiger partial charge in [-0.05, 0) is 56.9 Å². The molecule has 1 aromatic carbocycles.